The van der Waals surface area contributed by atoms with Crippen LogP contribution in [0.3, 0.4) is 0 Å². The van der Waals surface area contributed by atoms with Crippen LogP contribution in [0, 0.1) is 0 Å². The van der Waals surface area contributed by atoms with Crippen molar-refractivity contribution in [3.8, 4) is 0 Å². The van der Waals surface area contributed by atoms with Crippen molar-refractivity contribution in [2.45, 2.75) is 6.17 Å². The molecule has 1 atom stereocenters. The van der Waals surface area contributed by atoms with Gasteiger partial charge in [-0.3, -0.25) is 0 Å². The summed E-state index contributed by atoms with van der Waals surface area (Å²) in [5.41, 5.74) is 6.35. The van der Waals surface area contributed by atoms with Gasteiger partial charge >= 0.3 is 0 Å². The molecule has 0 amide bonds. The first-order valence-corrected chi connectivity index (χ1v) is 3.94. The Bertz CT molecular complexity index is 411. The maximum absolute atomic E-state index is 13.1. The quantitative estimate of drug-likeness (QED) is 0.740. The van der Waals surface area contributed by atoms with Gasteiger partial charge in [0.1, 0.15) is 6.17 Å². The van der Waals surface area contributed by atoms with Gasteiger partial charge in [0.05, 0.1) is 6.20 Å². The molecule has 13 heavy (non-hydrogen) atoms. The number of nitrogens with zero attached hydrogens (tertiary/aromatic N) is 3. The summed E-state index contributed by atoms with van der Waals surface area (Å²) >= 11 is 0. The Morgan fingerprint density at radius 1 is 1.62 bits per heavy atom. The van der Waals surface area contributed by atoms with Crippen LogP contribution in [0.5, 0.6) is 0 Å². The van der Waals surface area contributed by atoms with E-state index in [1.54, 1.807) is 18.5 Å². The molecule has 4 nitrogen and oxygen atoms in total. The van der Waals surface area contributed by atoms with Gasteiger partial charge in [0.15, 0.2) is 5.65 Å². The van der Waals surface area contributed by atoms with Gasteiger partial charge in [0, 0.05) is 30.6 Å². The van der Waals surface area contributed by atoms with Gasteiger partial charge in [-0.2, -0.15) is 5.10 Å². The monoisotopic (exact) mass is 180 g/mol. The van der Waals surface area contributed by atoms with Gasteiger partial charge in [0.2, 0.25) is 0 Å². The zero-order valence-electron chi connectivity index (χ0n) is 6.89. The fourth-order valence-corrected chi connectivity index (χ4v) is 1.12. The van der Waals surface area contributed by atoms with Gasteiger partial charge < -0.3 is 5.73 Å². The molecular weight excluding hydrogens is 171 g/mol. The SMILES string of the molecule is NCC(F)c1cnc2ccnn2c1. The maximum atomic E-state index is 13.1. The van der Waals surface area contributed by atoms with Crippen LogP contribution in [0.1, 0.15) is 11.7 Å². The van der Waals surface area contributed by atoms with E-state index in [-0.39, 0.29) is 6.54 Å². The molecule has 2 aromatic heterocycles. The third-order valence-corrected chi connectivity index (χ3v) is 1.84. The van der Waals surface area contributed by atoms with Crippen molar-refractivity contribution in [3.05, 3.63) is 30.2 Å². The largest absolute Gasteiger partial charge is 0.327 e. The van der Waals surface area contributed by atoms with Crippen molar-refractivity contribution >= 4 is 5.65 Å². The summed E-state index contributed by atoms with van der Waals surface area (Å²) in [5.74, 6) is 0. The lowest BCUT2D eigenvalue weighted by molar-refractivity contribution is 0.350. The fourth-order valence-electron chi connectivity index (χ4n) is 1.12. The van der Waals surface area contributed by atoms with Crippen LogP contribution in [0.2, 0.25) is 0 Å². The maximum Gasteiger partial charge on any atom is 0.154 e. The summed E-state index contributed by atoms with van der Waals surface area (Å²) in [7, 11) is 0. The second-order valence-corrected chi connectivity index (χ2v) is 2.72. The predicted molar refractivity (Wildman–Crippen MR) is 45.9 cm³/mol. The van der Waals surface area contributed by atoms with Crippen LogP contribution in [-0.4, -0.2) is 21.1 Å². The topological polar surface area (TPSA) is 56.2 Å². The van der Waals surface area contributed by atoms with Gasteiger partial charge in [0.25, 0.3) is 0 Å². The molecular formula is C8H9FN4. The lowest BCUT2D eigenvalue weighted by atomic mass is 10.2. The Morgan fingerprint density at radius 3 is 3.23 bits per heavy atom. The highest BCUT2D eigenvalue weighted by atomic mass is 19.1. The second-order valence-electron chi connectivity index (χ2n) is 2.72. The Balaban J connectivity index is 2.48. The molecule has 2 heterocycles. The van der Waals surface area contributed by atoms with Crippen LogP contribution in [0.4, 0.5) is 4.39 Å². The molecule has 5 heteroatoms. The van der Waals surface area contributed by atoms with Crippen molar-refractivity contribution in [1.29, 1.82) is 0 Å². The summed E-state index contributed by atoms with van der Waals surface area (Å²) in [6.07, 6.45) is 3.53. The number of aromatic nitrogens is 3. The molecule has 0 fully saturated rings. The molecule has 0 aliphatic rings. The molecule has 2 rings (SSSR count). The number of hydrogen-bond acceptors (Lipinski definition) is 3. The summed E-state index contributed by atoms with van der Waals surface area (Å²) in [4.78, 5) is 4.02. The zero-order valence-corrected chi connectivity index (χ0v) is 6.89. The average molecular weight is 180 g/mol. The summed E-state index contributed by atoms with van der Waals surface area (Å²) in [5, 5.41) is 3.94. The van der Waals surface area contributed by atoms with Gasteiger partial charge in [-0.1, -0.05) is 0 Å². The van der Waals surface area contributed by atoms with Gasteiger partial charge in [-0.05, 0) is 0 Å². The van der Waals surface area contributed by atoms with E-state index in [0.717, 1.165) is 0 Å². The summed E-state index contributed by atoms with van der Waals surface area (Å²) in [6.45, 7) is -0.0333. The van der Waals surface area contributed by atoms with Crippen molar-refractivity contribution < 1.29 is 4.39 Å². The van der Waals surface area contributed by atoms with E-state index in [0.29, 0.717) is 11.2 Å². The molecule has 0 spiro atoms. The normalized spacial score (nSPS) is 13.4. The third-order valence-electron chi connectivity index (χ3n) is 1.84. The number of hydrogen-bond donors (Lipinski definition) is 1. The molecule has 0 bridgehead atoms. The number of rotatable bonds is 2. The van der Waals surface area contributed by atoms with E-state index in [9.17, 15) is 4.39 Å². The minimum Gasteiger partial charge on any atom is -0.327 e. The minimum absolute atomic E-state index is 0.0333. The minimum atomic E-state index is -1.17. The fraction of sp³-hybridized carbons (Fsp3) is 0.250. The molecule has 0 saturated heterocycles. The van der Waals surface area contributed by atoms with Crippen LogP contribution in [-0.2, 0) is 0 Å². The Hall–Kier alpha value is -1.49. The molecule has 0 saturated carbocycles. The Kier molecular flexibility index (Phi) is 1.94. The van der Waals surface area contributed by atoms with E-state index in [2.05, 4.69) is 10.1 Å². The van der Waals surface area contributed by atoms with E-state index in [1.807, 2.05) is 0 Å². The number of halogens is 1. The molecule has 0 aliphatic carbocycles. The number of fused-ring (bicyclic) bond motifs is 1. The average Bonchev–Trinajstić information content (AvgIpc) is 2.63. The third kappa shape index (κ3) is 1.38. The first-order chi connectivity index (χ1) is 6.31. The molecule has 2 aromatic rings. The highest BCUT2D eigenvalue weighted by Crippen LogP contribution is 2.14. The molecule has 0 aromatic carbocycles. The smallest absolute Gasteiger partial charge is 0.154 e. The molecule has 0 aliphatic heterocycles. The van der Waals surface area contributed by atoms with Crippen molar-refractivity contribution in [2.75, 3.05) is 6.54 Å². The zero-order chi connectivity index (χ0) is 9.26. The predicted octanol–water partition coefficient (Wildman–Crippen LogP) is 0.699. The Morgan fingerprint density at radius 2 is 2.46 bits per heavy atom. The standard InChI is InChI=1S/C8H9FN4/c9-7(3-10)6-4-11-8-1-2-12-13(8)5-6/h1-2,4-5,7H,3,10H2. The van der Waals surface area contributed by atoms with E-state index in [4.69, 9.17) is 5.73 Å². The first-order valence-electron chi connectivity index (χ1n) is 3.94. The van der Waals surface area contributed by atoms with E-state index < -0.39 is 6.17 Å². The van der Waals surface area contributed by atoms with Crippen LogP contribution >= 0.6 is 0 Å². The van der Waals surface area contributed by atoms with Crippen molar-refractivity contribution in [1.82, 2.24) is 14.6 Å². The lowest BCUT2D eigenvalue weighted by Gasteiger charge is -2.04. The summed E-state index contributed by atoms with van der Waals surface area (Å²) in [6, 6.07) is 1.75. The van der Waals surface area contributed by atoms with Crippen LogP contribution in [0.25, 0.3) is 5.65 Å². The molecule has 2 N–H and O–H groups in total. The molecule has 68 valence electrons. The summed E-state index contributed by atoms with van der Waals surface area (Å²) < 4.78 is 14.6. The number of alkyl halides is 1. The first kappa shape index (κ1) is 8.12. The van der Waals surface area contributed by atoms with E-state index >= 15 is 0 Å². The van der Waals surface area contributed by atoms with Gasteiger partial charge in [-0.25, -0.2) is 13.9 Å². The molecule has 0 radical (unpaired) electrons. The van der Waals surface area contributed by atoms with Gasteiger partial charge in [-0.15, -0.1) is 0 Å². The Labute approximate surface area is 74.2 Å². The number of nitrogens with two attached hydrogens (primary N) is 1. The van der Waals surface area contributed by atoms with Crippen molar-refractivity contribution in [2.24, 2.45) is 5.73 Å². The van der Waals surface area contributed by atoms with Crippen LogP contribution < -0.4 is 5.73 Å². The molecule has 1 unspecified atom stereocenters. The van der Waals surface area contributed by atoms with Crippen LogP contribution in [0.15, 0.2) is 24.7 Å². The second kappa shape index (κ2) is 3.10. The van der Waals surface area contributed by atoms with E-state index in [1.165, 1.54) is 10.7 Å². The highest BCUT2D eigenvalue weighted by Gasteiger charge is 2.08. The highest BCUT2D eigenvalue weighted by molar-refractivity contribution is 5.36. The van der Waals surface area contributed by atoms with Crippen molar-refractivity contribution in [3.63, 3.8) is 0 Å². The lowest BCUT2D eigenvalue weighted by Crippen LogP contribution is -2.09.